The molecule has 0 saturated carbocycles. The maximum Gasteiger partial charge on any atom is 0.405 e. The minimum absolute atomic E-state index is 0.450. The number of amides is 1. The van der Waals surface area contributed by atoms with Crippen molar-refractivity contribution >= 4 is 5.91 Å². The number of benzene rings is 1. The lowest BCUT2D eigenvalue weighted by atomic mass is 10.0. The summed E-state index contributed by atoms with van der Waals surface area (Å²) in [7, 11) is 0. The van der Waals surface area contributed by atoms with E-state index in [1.54, 1.807) is 5.32 Å². The predicted octanol–water partition coefficient (Wildman–Crippen LogP) is 1.86. The summed E-state index contributed by atoms with van der Waals surface area (Å²) in [6.07, 6.45) is -3.70. The molecule has 0 spiro atoms. The lowest BCUT2D eigenvalue weighted by Crippen LogP contribution is -2.36. The standard InChI is InChI=1S/C14H19F3N2O2/c1-9-5-11(3-4-18)6-10(2)13(9)21-7-12(20)19-8-14(15,16)17/h5-6H,3-4,7-8,18H2,1-2H3,(H,19,20). The summed E-state index contributed by atoms with van der Waals surface area (Å²) in [5, 5.41) is 1.76. The van der Waals surface area contributed by atoms with E-state index in [0.29, 0.717) is 12.3 Å². The third kappa shape index (κ3) is 6.03. The zero-order valence-electron chi connectivity index (χ0n) is 12.0. The first-order valence-corrected chi connectivity index (χ1v) is 6.49. The molecule has 1 aromatic carbocycles. The average molecular weight is 304 g/mol. The molecule has 0 aromatic heterocycles. The van der Waals surface area contributed by atoms with Gasteiger partial charge < -0.3 is 15.8 Å². The van der Waals surface area contributed by atoms with Crippen LogP contribution in [0.1, 0.15) is 16.7 Å². The maximum absolute atomic E-state index is 12.0. The number of aryl methyl sites for hydroxylation is 2. The first-order valence-electron chi connectivity index (χ1n) is 6.49. The van der Waals surface area contributed by atoms with Crippen LogP contribution in [-0.4, -0.2) is 31.8 Å². The zero-order chi connectivity index (χ0) is 16.0. The molecule has 21 heavy (non-hydrogen) atoms. The van der Waals surface area contributed by atoms with Crippen molar-refractivity contribution < 1.29 is 22.7 Å². The van der Waals surface area contributed by atoms with Crippen molar-refractivity contribution in [2.45, 2.75) is 26.4 Å². The van der Waals surface area contributed by atoms with Gasteiger partial charge in [-0.05, 0) is 43.5 Å². The molecular formula is C14H19F3N2O2. The third-order valence-electron chi connectivity index (χ3n) is 2.79. The van der Waals surface area contributed by atoms with E-state index < -0.39 is 25.2 Å². The summed E-state index contributed by atoms with van der Waals surface area (Å²) in [6.45, 7) is 2.35. The summed E-state index contributed by atoms with van der Waals surface area (Å²) < 4.78 is 41.2. The van der Waals surface area contributed by atoms with Gasteiger partial charge in [-0.1, -0.05) is 12.1 Å². The van der Waals surface area contributed by atoms with Crippen LogP contribution in [0.5, 0.6) is 5.75 Å². The highest BCUT2D eigenvalue weighted by atomic mass is 19.4. The largest absolute Gasteiger partial charge is 0.483 e. The summed E-state index contributed by atoms with van der Waals surface area (Å²) in [4.78, 5) is 11.3. The molecule has 1 rings (SSSR count). The molecule has 0 unspecified atom stereocenters. The number of halogens is 3. The summed E-state index contributed by atoms with van der Waals surface area (Å²) >= 11 is 0. The Hall–Kier alpha value is -1.76. The Morgan fingerprint density at radius 1 is 1.29 bits per heavy atom. The van der Waals surface area contributed by atoms with Crippen LogP contribution in [-0.2, 0) is 11.2 Å². The van der Waals surface area contributed by atoms with Gasteiger partial charge in [-0.3, -0.25) is 4.79 Å². The second kappa shape index (κ2) is 7.31. The summed E-state index contributed by atoms with van der Waals surface area (Å²) in [5.74, 6) is -0.296. The Bertz CT molecular complexity index is 478. The number of alkyl halides is 3. The van der Waals surface area contributed by atoms with Crippen LogP contribution < -0.4 is 15.8 Å². The van der Waals surface area contributed by atoms with Gasteiger partial charge in [0, 0.05) is 0 Å². The number of rotatable bonds is 6. The van der Waals surface area contributed by atoms with Crippen molar-refractivity contribution in [3.63, 3.8) is 0 Å². The quantitative estimate of drug-likeness (QED) is 0.843. The van der Waals surface area contributed by atoms with Crippen LogP contribution >= 0.6 is 0 Å². The Morgan fingerprint density at radius 3 is 2.33 bits per heavy atom. The van der Waals surface area contributed by atoms with Crippen molar-refractivity contribution in [2.75, 3.05) is 19.7 Å². The fourth-order valence-electron chi connectivity index (χ4n) is 1.97. The lowest BCUT2D eigenvalue weighted by Gasteiger charge is -2.14. The number of carbonyl (C=O) groups is 1. The van der Waals surface area contributed by atoms with E-state index in [1.807, 2.05) is 26.0 Å². The van der Waals surface area contributed by atoms with E-state index in [0.717, 1.165) is 23.1 Å². The molecule has 0 aliphatic heterocycles. The highest BCUT2D eigenvalue weighted by Gasteiger charge is 2.27. The molecule has 0 aliphatic carbocycles. The maximum atomic E-state index is 12.0. The van der Waals surface area contributed by atoms with Gasteiger partial charge >= 0.3 is 6.18 Å². The van der Waals surface area contributed by atoms with E-state index in [9.17, 15) is 18.0 Å². The molecule has 118 valence electrons. The van der Waals surface area contributed by atoms with Gasteiger partial charge in [-0.2, -0.15) is 13.2 Å². The fraction of sp³-hybridized carbons (Fsp3) is 0.500. The van der Waals surface area contributed by atoms with Gasteiger partial charge in [0.15, 0.2) is 6.61 Å². The van der Waals surface area contributed by atoms with Crippen LogP contribution in [0.2, 0.25) is 0 Å². The van der Waals surface area contributed by atoms with Gasteiger partial charge in [-0.15, -0.1) is 0 Å². The Morgan fingerprint density at radius 2 is 1.86 bits per heavy atom. The molecule has 0 saturated heterocycles. The van der Waals surface area contributed by atoms with Crippen molar-refractivity contribution in [3.8, 4) is 5.75 Å². The second-order valence-electron chi connectivity index (χ2n) is 4.78. The number of carbonyl (C=O) groups excluding carboxylic acids is 1. The molecule has 0 fully saturated rings. The first kappa shape index (κ1) is 17.3. The Labute approximate surface area is 121 Å². The van der Waals surface area contributed by atoms with E-state index in [1.165, 1.54) is 0 Å². The van der Waals surface area contributed by atoms with E-state index in [-0.39, 0.29) is 0 Å². The average Bonchev–Trinajstić information content (AvgIpc) is 2.35. The molecule has 0 heterocycles. The normalized spacial score (nSPS) is 11.3. The molecule has 0 atom stereocenters. The highest BCUT2D eigenvalue weighted by molar-refractivity contribution is 5.77. The second-order valence-corrected chi connectivity index (χ2v) is 4.78. The molecule has 0 radical (unpaired) electrons. The van der Waals surface area contributed by atoms with Crippen LogP contribution in [0.3, 0.4) is 0 Å². The number of ether oxygens (including phenoxy) is 1. The molecule has 4 nitrogen and oxygen atoms in total. The van der Waals surface area contributed by atoms with Crippen LogP contribution in [0.25, 0.3) is 0 Å². The molecule has 1 amide bonds. The molecule has 0 aliphatic rings. The van der Waals surface area contributed by atoms with Crippen LogP contribution in [0.15, 0.2) is 12.1 Å². The fourth-order valence-corrected chi connectivity index (χ4v) is 1.97. The Balaban J connectivity index is 2.61. The smallest absolute Gasteiger partial charge is 0.405 e. The van der Waals surface area contributed by atoms with E-state index >= 15 is 0 Å². The molecule has 1 aromatic rings. The number of hydrogen-bond donors (Lipinski definition) is 2. The number of hydrogen-bond acceptors (Lipinski definition) is 3. The van der Waals surface area contributed by atoms with Gasteiger partial charge in [0.25, 0.3) is 5.91 Å². The van der Waals surface area contributed by atoms with Gasteiger partial charge in [0.1, 0.15) is 12.3 Å². The van der Waals surface area contributed by atoms with Gasteiger partial charge in [0.2, 0.25) is 0 Å². The lowest BCUT2D eigenvalue weighted by molar-refractivity contribution is -0.139. The molecule has 7 heteroatoms. The predicted molar refractivity (Wildman–Crippen MR) is 73.2 cm³/mol. The highest BCUT2D eigenvalue weighted by Crippen LogP contribution is 2.25. The van der Waals surface area contributed by atoms with Crippen LogP contribution in [0.4, 0.5) is 13.2 Å². The summed E-state index contributed by atoms with van der Waals surface area (Å²) in [5.41, 5.74) is 8.19. The minimum Gasteiger partial charge on any atom is -0.483 e. The van der Waals surface area contributed by atoms with E-state index in [4.69, 9.17) is 10.5 Å². The van der Waals surface area contributed by atoms with E-state index in [2.05, 4.69) is 0 Å². The SMILES string of the molecule is Cc1cc(CCN)cc(C)c1OCC(=O)NCC(F)(F)F. The third-order valence-corrected chi connectivity index (χ3v) is 2.79. The van der Waals surface area contributed by atoms with Gasteiger partial charge in [0.05, 0.1) is 0 Å². The minimum atomic E-state index is -4.43. The number of nitrogens with one attached hydrogen (secondary N) is 1. The molecule has 3 N–H and O–H groups in total. The van der Waals surface area contributed by atoms with Crippen molar-refractivity contribution in [2.24, 2.45) is 5.73 Å². The van der Waals surface area contributed by atoms with Crippen molar-refractivity contribution in [3.05, 3.63) is 28.8 Å². The summed E-state index contributed by atoms with van der Waals surface area (Å²) in [6, 6.07) is 3.78. The first-order chi connectivity index (χ1) is 9.73. The zero-order valence-corrected chi connectivity index (χ0v) is 12.0. The monoisotopic (exact) mass is 304 g/mol. The topological polar surface area (TPSA) is 64.3 Å². The van der Waals surface area contributed by atoms with Gasteiger partial charge in [-0.25, -0.2) is 0 Å². The molecule has 0 bridgehead atoms. The number of nitrogens with two attached hydrogens (primary N) is 1. The Kier molecular flexibility index (Phi) is 6.02. The van der Waals surface area contributed by atoms with Crippen LogP contribution in [0, 0.1) is 13.8 Å². The molecular weight excluding hydrogens is 285 g/mol. The van der Waals surface area contributed by atoms with Crippen molar-refractivity contribution in [1.82, 2.24) is 5.32 Å². The van der Waals surface area contributed by atoms with Crippen molar-refractivity contribution in [1.29, 1.82) is 0 Å².